The Hall–Kier alpha value is -0.780. The molecule has 0 radical (unpaired) electrons. The zero-order chi connectivity index (χ0) is 13.1. The van der Waals surface area contributed by atoms with Crippen LogP contribution in [-0.2, 0) is 6.54 Å². The third kappa shape index (κ3) is 3.16. The van der Waals surface area contributed by atoms with Gasteiger partial charge in [0.2, 0.25) is 0 Å². The van der Waals surface area contributed by atoms with Crippen LogP contribution in [-0.4, -0.2) is 36.2 Å². The monoisotopic (exact) mass is 314 g/mol. The molecule has 5 heteroatoms. The number of benzene rings is 1. The molecule has 0 atom stereocenters. The van der Waals surface area contributed by atoms with Crippen LogP contribution in [0.1, 0.15) is 18.4 Å². The van der Waals surface area contributed by atoms with E-state index in [-0.39, 0.29) is 5.75 Å². The van der Waals surface area contributed by atoms with Gasteiger partial charge in [-0.1, -0.05) is 15.9 Å². The smallest absolute Gasteiger partial charge is 0.162 e. The molecular weight excluding hydrogens is 296 g/mol. The molecule has 0 saturated carbocycles. The van der Waals surface area contributed by atoms with Gasteiger partial charge in [0.1, 0.15) is 0 Å². The minimum atomic E-state index is 0.232. The van der Waals surface area contributed by atoms with Gasteiger partial charge in [0.25, 0.3) is 0 Å². The molecular formula is C13H19BrN2O2. The molecule has 1 aromatic carbocycles. The highest BCUT2D eigenvalue weighted by Gasteiger charge is 2.18. The van der Waals surface area contributed by atoms with Crippen molar-refractivity contribution in [2.45, 2.75) is 25.4 Å². The summed E-state index contributed by atoms with van der Waals surface area (Å²) in [5.41, 5.74) is 6.77. The molecule has 1 aromatic rings. The fraction of sp³-hybridized carbons (Fsp3) is 0.538. The van der Waals surface area contributed by atoms with Crippen LogP contribution in [0.25, 0.3) is 0 Å². The number of ether oxygens (including phenoxy) is 1. The van der Waals surface area contributed by atoms with Gasteiger partial charge in [0, 0.05) is 22.6 Å². The number of piperidine rings is 1. The zero-order valence-electron chi connectivity index (χ0n) is 10.5. The number of hydrogen-bond acceptors (Lipinski definition) is 4. The molecule has 100 valence electrons. The number of phenolic OH excluding ortho intramolecular Hbond substituents is 1. The van der Waals surface area contributed by atoms with Gasteiger partial charge < -0.3 is 15.6 Å². The lowest BCUT2D eigenvalue weighted by Crippen LogP contribution is -2.39. The van der Waals surface area contributed by atoms with Crippen LogP contribution in [0.15, 0.2) is 16.6 Å². The first kappa shape index (κ1) is 13.6. The van der Waals surface area contributed by atoms with Crippen molar-refractivity contribution in [2.75, 3.05) is 20.2 Å². The maximum Gasteiger partial charge on any atom is 0.162 e. The van der Waals surface area contributed by atoms with Crippen molar-refractivity contribution >= 4 is 15.9 Å². The van der Waals surface area contributed by atoms with Crippen molar-refractivity contribution in [1.82, 2.24) is 4.90 Å². The fourth-order valence-electron chi connectivity index (χ4n) is 2.26. The van der Waals surface area contributed by atoms with E-state index in [1.165, 1.54) is 0 Å². The Morgan fingerprint density at radius 3 is 2.72 bits per heavy atom. The third-order valence-electron chi connectivity index (χ3n) is 3.36. The molecule has 2 rings (SSSR count). The lowest BCUT2D eigenvalue weighted by atomic mass is 10.0. The fourth-order valence-corrected chi connectivity index (χ4v) is 2.74. The van der Waals surface area contributed by atoms with Crippen molar-refractivity contribution in [1.29, 1.82) is 0 Å². The van der Waals surface area contributed by atoms with Crippen LogP contribution in [0.2, 0.25) is 0 Å². The number of likely N-dealkylation sites (tertiary alicyclic amines) is 1. The SMILES string of the molecule is COc1cc(Br)cc(CN2CCC(N)CC2)c1O. The van der Waals surface area contributed by atoms with Crippen molar-refractivity contribution in [3.63, 3.8) is 0 Å². The van der Waals surface area contributed by atoms with Crippen molar-refractivity contribution < 1.29 is 9.84 Å². The second-order valence-corrected chi connectivity index (χ2v) is 5.65. The summed E-state index contributed by atoms with van der Waals surface area (Å²) in [7, 11) is 1.56. The molecule has 0 unspecified atom stereocenters. The first-order valence-electron chi connectivity index (χ1n) is 6.13. The number of rotatable bonds is 3. The Bertz CT molecular complexity index is 418. The molecule has 0 aromatic heterocycles. The summed E-state index contributed by atoms with van der Waals surface area (Å²) in [4.78, 5) is 2.31. The summed E-state index contributed by atoms with van der Waals surface area (Å²) in [5.74, 6) is 0.739. The number of halogens is 1. The molecule has 1 heterocycles. The first-order chi connectivity index (χ1) is 8.60. The molecule has 1 saturated heterocycles. The van der Waals surface area contributed by atoms with E-state index in [1.54, 1.807) is 13.2 Å². The minimum Gasteiger partial charge on any atom is -0.504 e. The number of hydrogen-bond donors (Lipinski definition) is 2. The molecule has 0 spiro atoms. The van der Waals surface area contributed by atoms with E-state index in [0.717, 1.165) is 42.5 Å². The summed E-state index contributed by atoms with van der Waals surface area (Å²) in [5, 5.41) is 10.1. The van der Waals surface area contributed by atoms with Crippen LogP contribution in [0.3, 0.4) is 0 Å². The Morgan fingerprint density at radius 1 is 1.44 bits per heavy atom. The average Bonchev–Trinajstić information content (AvgIpc) is 2.36. The maximum absolute atomic E-state index is 10.1. The highest BCUT2D eigenvalue weighted by molar-refractivity contribution is 9.10. The third-order valence-corrected chi connectivity index (χ3v) is 3.82. The number of nitrogens with two attached hydrogens (primary N) is 1. The van der Waals surface area contributed by atoms with E-state index in [1.807, 2.05) is 6.07 Å². The van der Waals surface area contributed by atoms with Gasteiger partial charge in [-0.2, -0.15) is 0 Å². The Labute approximate surface area is 116 Å². The number of phenols is 1. The summed E-state index contributed by atoms with van der Waals surface area (Å²) in [6.45, 7) is 2.69. The van der Waals surface area contributed by atoms with Crippen molar-refractivity contribution in [3.05, 3.63) is 22.2 Å². The van der Waals surface area contributed by atoms with E-state index in [2.05, 4.69) is 20.8 Å². The van der Waals surface area contributed by atoms with Crippen molar-refractivity contribution in [3.8, 4) is 11.5 Å². The molecule has 18 heavy (non-hydrogen) atoms. The van der Waals surface area contributed by atoms with Crippen LogP contribution < -0.4 is 10.5 Å². The lowest BCUT2D eigenvalue weighted by Gasteiger charge is -2.30. The topological polar surface area (TPSA) is 58.7 Å². The molecule has 0 amide bonds. The van der Waals surface area contributed by atoms with Gasteiger partial charge in [0.05, 0.1) is 7.11 Å². The summed E-state index contributed by atoms with van der Waals surface area (Å²) in [6, 6.07) is 4.03. The van der Waals surface area contributed by atoms with Crippen LogP contribution in [0.5, 0.6) is 11.5 Å². The van der Waals surface area contributed by atoms with E-state index < -0.39 is 0 Å². The number of methoxy groups -OCH3 is 1. The summed E-state index contributed by atoms with van der Waals surface area (Å²) >= 11 is 3.43. The van der Waals surface area contributed by atoms with E-state index >= 15 is 0 Å². The van der Waals surface area contributed by atoms with E-state index in [9.17, 15) is 5.11 Å². The molecule has 4 nitrogen and oxygen atoms in total. The predicted molar refractivity (Wildman–Crippen MR) is 74.8 cm³/mol. The Kier molecular flexibility index (Phi) is 4.48. The minimum absolute atomic E-state index is 0.232. The zero-order valence-corrected chi connectivity index (χ0v) is 12.1. The second kappa shape index (κ2) is 5.91. The Morgan fingerprint density at radius 2 is 2.11 bits per heavy atom. The van der Waals surface area contributed by atoms with Crippen LogP contribution >= 0.6 is 15.9 Å². The summed E-state index contributed by atoms with van der Waals surface area (Å²) in [6.07, 6.45) is 2.04. The average molecular weight is 315 g/mol. The molecule has 0 aliphatic carbocycles. The van der Waals surface area contributed by atoms with Gasteiger partial charge >= 0.3 is 0 Å². The Balaban J connectivity index is 2.11. The van der Waals surface area contributed by atoms with Crippen LogP contribution in [0, 0.1) is 0 Å². The first-order valence-corrected chi connectivity index (χ1v) is 6.92. The molecule has 1 fully saturated rings. The molecule has 1 aliphatic heterocycles. The lowest BCUT2D eigenvalue weighted by molar-refractivity contribution is 0.203. The molecule has 3 N–H and O–H groups in total. The van der Waals surface area contributed by atoms with Gasteiger partial charge in [0.15, 0.2) is 11.5 Å². The van der Waals surface area contributed by atoms with Crippen molar-refractivity contribution in [2.24, 2.45) is 5.73 Å². The molecule has 0 bridgehead atoms. The standard InChI is InChI=1S/C13H19BrN2O2/c1-18-12-7-10(14)6-9(13(12)17)8-16-4-2-11(15)3-5-16/h6-7,11,17H,2-5,8,15H2,1H3. The normalized spacial score (nSPS) is 17.9. The highest BCUT2D eigenvalue weighted by Crippen LogP contribution is 2.34. The van der Waals surface area contributed by atoms with Gasteiger partial charge in [-0.15, -0.1) is 0 Å². The molecule has 1 aliphatic rings. The maximum atomic E-state index is 10.1. The van der Waals surface area contributed by atoms with E-state index in [0.29, 0.717) is 11.8 Å². The summed E-state index contributed by atoms with van der Waals surface area (Å²) < 4.78 is 6.07. The number of nitrogens with zero attached hydrogens (tertiary/aromatic N) is 1. The second-order valence-electron chi connectivity index (χ2n) is 4.73. The highest BCUT2D eigenvalue weighted by atomic mass is 79.9. The predicted octanol–water partition coefficient (Wildman–Crippen LogP) is 2.09. The van der Waals surface area contributed by atoms with Crippen LogP contribution in [0.4, 0.5) is 0 Å². The number of aromatic hydroxyl groups is 1. The largest absolute Gasteiger partial charge is 0.504 e. The quantitative estimate of drug-likeness (QED) is 0.897. The van der Waals surface area contributed by atoms with Gasteiger partial charge in [-0.3, -0.25) is 4.90 Å². The van der Waals surface area contributed by atoms with Gasteiger partial charge in [-0.25, -0.2) is 0 Å². The van der Waals surface area contributed by atoms with Gasteiger partial charge in [-0.05, 0) is 38.1 Å². The van der Waals surface area contributed by atoms with E-state index in [4.69, 9.17) is 10.5 Å².